The number of rotatable bonds is 2. The molecule has 1 aliphatic heterocycles. The molecule has 3 rings (SSSR count). The molecule has 2 aromatic carbocycles. The highest BCUT2D eigenvalue weighted by Gasteiger charge is 2.20. The summed E-state index contributed by atoms with van der Waals surface area (Å²) >= 11 is 5.06. The average Bonchev–Trinajstić information content (AvgIpc) is 2.43. The fourth-order valence-electron chi connectivity index (χ4n) is 2.28. The first-order chi connectivity index (χ1) is 9.24. The van der Waals surface area contributed by atoms with Crippen molar-refractivity contribution in [1.82, 2.24) is 0 Å². The number of hydrogen-bond acceptors (Lipinski definition) is 2. The molecule has 1 heterocycles. The van der Waals surface area contributed by atoms with Gasteiger partial charge >= 0.3 is 0 Å². The molecule has 0 radical (unpaired) electrons. The van der Waals surface area contributed by atoms with Gasteiger partial charge in [0.25, 0.3) is 0 Å². The third kappa shape index (κ3) is 2.79. The van der Waals surface area contributed by atoms with Gasteiger partial charge in [-0.2, -0.15) is 0 Å². The number of anilines is 1. The van der Waals surface area contributed by atoms with E-state index in [2.05, 4.69) is 45.5 Å². The van der Waals surface area contributed by atoms with E-state index >= 15 is 0 Å². The molecule has 98 valence electrons. The maximum atomic E-state index is 13.5. The minimum Gasteiger partial charge on any atom is -0.378 e. The van der Waals surface area contributed by atoms with Gasteiger partial charge in [0.2, 0.25) is 0 Å². The Morgan fingerprint density at radius 2 is 2.05 bits per heavy atom. The van der Waals surface area contributed by atoms with Gasteiger partial charge in [-0.1, -0.05) is 18.2 Å². The Balaban J connectivity index is 1.86. The van der Waals surface area contributed by atoms with E-state index in [1.807, 2.05) is 17.8 Å². The Hall–Kier alpha value is -1.00. The Morgan fingerprint density at radius 1 is 1.21 bits per heavy atom. The number of fused-ring (bicyclic) bond motifs is 1. The van der Waals surface area contributed by atoms with E-state index in [9.17, 15) is 4.39 Å². The van der Waals surface area contributed by atoms with Crippen LogP contribution < -0.4 is 5.32 Å². The van der Waals surface area contributed by atoms with E-state index in [0.717, 1.165) is 17.9 Å². The minimum atomic E-state index is -0.233. The number of halogens is 2. The highest BCUT2D eigenvalue weighted by Crippen LogP contribution is 2.37. The number of nitrogens with one attached hydrogen (secondary N) is 1. The van der Waals surface area contributed by atoms with Crippen molar-refractivity contribution >= 4 is 33.4 Å². The van der Waals surface area contributed by atoms with Crippen molar-refractivity contribution in [2.45, 2.75) is 17.4 Å². The van der Waals surface area contributed by atoms with Gasteiger partial charge in [-0.3, -0.25) is 0 Å². The summed E-state index contributed by atoms with van der Waals surface area (Å²) in [4.78, 5) is 1.32. The summed E-state index contributed by atoms with van der Waals surface area (Å²) in [5, 5.41) is 3.43. The lowest BCUT2D eigenvalue weighted by atomic mass is 10.0. The van der Waals surface area contributed by atoms with Crippen LogP contribution in [0.4, 0.5) is 10.1 Å². The summed E-state index contributed by atoms with van der Waals surface area (Å²) in [7, 11) is 0. The van der Waals surface area contributed by atoms with E-state index in [1.54, 1.807) is 6.07 Å². The Labute approximate surface area is 124 Å². The lowest BCUT2D eigenvalue weighted by Crippen LogP contribution is -2.16. The summed E-state index contributed by atoms with van der Waals surface area (Å²) < 4.78 is 14.0. The molecule has 0 fully saturated rings. The molecule has 2 aromatic rings. The lowest BCUT2D eigenvalue weighted by molar-refractivity contribution is 0.620. The SMILES string of the molecule is Fc1cc(NC2CCSc3ccccc32)ccc1Br. The molecule has 1 nitrogen and oxygen atoms in total. The molecule has 1 aliphatic rings. The third-order valence-corrected chi connectivity index (χ3v) is 4.98. The molecule has 1 atom stereocenters. The van der Waals surface area contributed by atoms with Crippen LogP contribution in [0, 0.1) is 5.82 Å². The van der Waals surface area contributed by atoms with Crippen LogP contribution in [0.15, 0.2) is 51.8 Å². The van der Waals surface area contributed by atoms with Crippen molar-refractivity contribution < 1.29 is 4.39 Å². The van der Waals surface area contributed by atoms with Crippen molar-refractivity contribution in [3.05, 3.63) is 58.3 Å². The van der Waals surface area contributed by atoms with Crippen molar-refractivity contribution in [2.75, 3.05) is 11.1 Å². The first kappa shape index (κ1) is 13.0. The fraction of sp³-hybridized carbons (Fsp3) is 0.200. The van der Waals surface area contributed by atoms with Gasteiger partial charge in [-0.05, 0) is 52.2 Å². The van der Waals surface area contributed by atoms with Gasteiger partial charge in [-0.15, -0.1) is 11.8 Å². The molecular formula is C15H13BrFNS. The monoisotopic (exact) mass is 337 g/mol. The molecule has 4 heteroatoms. The normalized spacial score (nSPS) is 17.9. The first-order valence-electron chi connectivity index (χ1n) is 6.17. The van der Waals surface area contributed by atoms with Crippen LogP contribution in [0.1, 0.15) is 18.0 Å². The van der Waals surface area contributed by atoms with Crippen LogP contribution in [-0.2, 0) is 0 Å². The summed E-state index contributed by atoms with van der Waals surface area (Å²) in [6.07, 6.45) is 1.05. The molecule has 0 bridgehead atoms. The van der Waals surface area contributed by atoms with Crippen molar-refractivity contribution in [2.24, 2.45) is 0 Å². The zero-order valence-corrected chi connectivity index (χ0v) is 12.6. The molecule has 0 spiro atoms. The van der Waals surface area contributed by atoms with Crippen LogP contribution >= 0.6 is 27.7 Å². The summed E-state index contributed by atoms with van der Waals surface area (Å²) in [6, 6.07) is 13.9. The molecule has 0 amide bonds. The third-order valence-electron chi connectivity index (χ3n) is 3.22. The quantitative estimate of drug-likeness (QED) is 0.804. The van der Waals surface area contributed by atoms with Crippen LogP contribution in [0.5, 0.6) is 0 Å². The predicted molar refractivity (Wildman–Crippen MR) is 82.2 cm³/mol. The smallest absolute Gasteiger partial charge is 0.139 e. The average molecular weight is 338 g/mol. The predicted octanol–water partition coefficient (Wildman–Crippen LogP) is 5.24. The van der Waals surface area contributed by atoms with E-state index < -0.39 is 0 Å². The zero-order valence-electron chi connectivity index (χ0n) is 10.2. The first-order valence-corrected chi connectivity index (χ1v) is 7.95. The van der Waals surface area contributed by atoms with Crippen LogP contribution in [0.3, 0.4) is 0 Å². The van der Waals surface area contributed by atoms with Crippen molar-refractivity contribution in [1.29, 1.82) is 0 Å². The second kappa shape index (κ2) is 5.55. The number of benzene rings is 2. The second-order valence-electron chi connectivity index (χ2n) is 4.50. The van der Waals surface area contributed by atoms with Crippen molar-refractivity contribution in [3.8, 4) is 0 Å². The summed E-state index contributed by atoms with van der Waals surface area (Å²) in [5.74, 6) is 0.858. The second-order valence-corrected chi connectivity index (χ2v) is 6.49. The Morgan fingerprint density at radius 3 is 2.89 bits per heavy atom. The topological polar surface area (TPSA) is 12.0 Å². The number of thioether (sulfide) groups is 1. The summed E-state index contributed by atoms with van der Waals surface area (Å²) in [6.45, 7) is 0. The van der Waals surface area contributed by atoms with Gasteiger partial charge in [-0.25, -0.2) is 4.39 Å². The molecule has 1 N–H and O–H groups in total. The largest absolute Gasteiger partial charge is 0.378 e. The van der Waals surface area contributed by atoms with Gasteiger partial charge in [0.05, 0.1) is 10.5 Å². The van der Waals surface area contributed by atoms with Gasteiger partial charge in [0.1, 0.15) is 5.82 Å². The van der Waals surface area contributed by atoms with E-state index in [-0.39, 0.29) is 11.9 Å². The highest BCUT2D eigenvalue weighted by molar-refractivity contribution is 9.10. The molecule has 0 aliphatic carbocycles. The molecule has 0 saturated heterocycles. The molecule has 1 unspecified atom stereocenters. The minimum absolute atomic E-state index is 0.233. The highest BCUT2D eigenvalue weighted by atomic mass is 79.9. The molecule has 19 heavy (non-hydrogen) atoms. The maximum Gasteiger partial charge on any atom is 0.139 e. The van der Waals surface area contributed by atoms with Crippen LogP contribution in [0.25, 0.3) is 0 Å². The molecular weight excluding hydrogens is 325 g/mol. The molecule has 0 aromatic heterocycles. The van der Waals surface area contributed by atoms with Gasteiger partial charge in [0, 0.05) is 16.3 Å². The van der Waals surface area contributed by atoms with Crippen LogP contribution in [-0.4, -0.2) is 5.75 Å². The van der Waals surface area contributed by atoms with Gasteiger partial charge < -0.3 is 5.32 Å². The van der Waals surface area contributed by atoms with E-state index in [0.29, 0.717) is 4.47 Å². The Kier molecular flexibility index (Phi) is 3.80. The summed E-state index contributed by atoms with van der Waals surface area (Å²) in [5.41, 5.74) is 2.13. The van der Waals surface area contributed by atoms with Crippen LogP contribution in [0.2, 0.25) is 0 Å². The van der Waals surface area contributed by atoms with Crippen molar-refractivity contribution in [3.63, 3.8) is 0 Å². The maximum absolute atomic E-state index is 13.5. The standard InChI is InChI=1S/C15H13BrFNS/c16-12-6-5-10(9-13(12)17)18-14-7-8-19-15-4-2-1-3-11(14)15/h1-6,9,14,18H,7-8H2. The van der Waals surface area contributed by atoms with E-state index in [4.69, 9.17) is 0 Å². The van der Waals surface area contributed by atoms with Gasteiger partial charge in [0.15, 0.2) is 0 Å². The van der Waals surface area contributed by atoms with E-state index in [1.165, 1.54) is 16.5 Å². The fourth-order valence-corrected chi connectivity index (χ4v) is 3.65. The number of hydrogen-bond donors (Lipinski definition) is 1. The lowest BCUT2D eigenvalue weighted by Gasteiger charge is -2.26. The zero-order chi connectivity index (χ0) is 13.2. The Bertz CT molecular complexity index is 602. The molecule has 0 saturated carbocycles.